The molecule has 0 aliphatic carbocycles. The molecule has 5 nitrogen and oxygen atoms in total. The smallest absolute Gasteiger partial charge is 0.258 e. The van der Waals surface area contributed by atoms with Crippen LogP contribution >= 0.6 is 27.5 Å². The average Bonchev–Trinajstić information content (AvgIpc) is 2.65. The topological polar surface area (TPSA) is 68.9 Å². The third-order valence-corrected chi connectivity index (χ3v) is 3.19. The molecule has 1 aromatic heterocycles. The Hall–Kier alpha value is -1.34. The maximum atomic E-state index is 10.7. The highest BCUT2D eigenvalue weighted by atomic mass is 79.9. The number of hydrogen-bond acceptors (Lipinski definition) is 5. The van der Waals surface area contributed by atoms with Crippen molar-refractivity contribution in [1.29, 1.82) is 0 Å². The van der Waals surface area contributed by atoms with E-state index in [1.165, 1.54) is 23.7 Å². The van der Waals surface area contributed by atoms with Gasteiger partial charge < -0.3 is 0 Å². The van der Waals surface area contributed by atoms with Crippen LogP contribution in [0.25, 0.3) is 11.4 Å². The normalized spacial score (nSPS) is 10.4. The van der Waals surface area contributed by atoms with E-state index in [0.29, 0.717) is 15.3 Å². The van der Waals surface area contributed by atoms with Crippen molar-refractivity contribution in [2.45, 2.75) is 6.92 Å². The molecule has 7 heteroatoms. The number of benzene rings is 1. The molecule has 1 aromatic carbocycles. The van der Waals surface area contributed by atoms with Crippen LogP contribution in [0.2, 0.25) is 0 Å². The minimum Gasteiger partial charge on any atom is -0.258 e. The largest absolute Gasteiger partial charge is 0.270 e. The van der Waals surface area contributed by atoms with E-state index in [-0.39, 0.29) is 5.69 Å². The van der Waals surface area contributed by atoms with E-state index < -0.39 is 4.92 Å². The van der Waals surface area contributed by atoms with Gasteiger partial charge in [0.1, 0.15) is 0 Å². The van der Waals surface area contributed by atoms with Crippen molar-refractivity contribution in [2.75, 3.05) is 0 Å². The van der Waals surface area contributed by atoms with Crippen molar-refractivity contribution in [1.82, 2.24) is 9.36 Å². The van der Waals surface area contributed by atoms with Crippen molar-refractivity contribution in [3.8, 4) is 11.4 Å². The summed E-state index contributed by atoms with van der Waals surface area (Å²) in [6.45, 7) is 1.87. The predicted molar refractivity (Wildman–Crippen MR) is 64.4 cm³/mol. The second kappa shape index (κ2) is 4.26. The number of non-ortho nitro benzene ring substituents is 1. The second-order valence-corrected chi connectivity index (χ2v) is 5.16. The average molecular weight is 300 g/mol. The number of hydrogen-bond donors (Lipinski definition) is 0. The van der Waals surface area contributed by atoms with Crippen molar-refractivity contribution in [3.63, 3.8) is 0 Å². The third kappa shape index (κ3) is 2.10. The molecule has 2 aromatic rings. The Morgan fingerprint density at radius 2 is 2.25 bits per heavy atom. The SMILES string of the molecule is Cc1ccc([N+](=O)[O-])cc1-c1nsc(Br)n1. The molecule has 0 fully saturated rings. The van der Waals surface area contributed by atoms with Crippen LogP contribution in [-0.4, -0.2) is 14.3 Å². The number of aryl methyl sites for hydroxylation is 1. The number of rotatable bonds is 2. The fraction of sp³-hybridized carbons (Fsp3) is 0.111. The zero-order chi connectivity index (χ0) is 11.7. The Morgan fingerprint density at radius 3 is 2.81 bits per heavy atom. The van der Waals surface area contributed by atoms with Crippen LogP contribution in [0, 0.1) is 17.0 Å². The monoisotopic (exact) mass is 299 g/mol. The summed E-state index contributed by atoms with van der Waals surface area (Å²) >= 11 is 4.42. The van der Waals surface area contributed by atoms with E-state index in [9.17, 15) is 10.1 Å². The van der Waals surface area contributed by atoms with E-state index >= 15 is 0 Å². The first kappa shape index (κ1) is 11.2. The first-order chi connectivity index (χ1) is 7.58. The molecule has 1 heterocycles. The summed E-state index contributed by atoms with van der Waals surface area (Å²) in [6.07, 6.45) is 0. The Kier molecular flexibility index (Phi) is 2.97. The van der Waals surface area contributed by atoms with Crippen LogP contribution < -0.4 is 0 Å². The molecule has 0 atom stereocenters. The summed E-state index contributed by atoms with van der Waals surface area (Å²) in [5.74, 6) is 0.512. The quantitative estimate of drug-likeness (QED) is 0.631. The summed E-state index contributed by atoms with van der Waals surface area (Å²) in [5, 5.41) is 10.7. The van der Waals surface area contributed by atoms with E-state index in [2.05, 4.69) is 25.3 Å². The summed E-state index contributed by atoms with van der Waals surface area (Å²) < 4.78 is 4.77. The molecule has 0 spiro atoms. The van der Waals surface area contributed by atoms with Crippen LogP contribution in [0.5, 0.6) is 0 Å². The molecule has 0 N–H and O–H groups in total. The van der Waals surface area contributed by atoms with Gasteiger partial charge in [-0.05, 0) is 39.9 Å². The number of nitro groups is 1. The van der Waals surface area contributed by atoms with E-state index in [1.807, 2.05) is 6.92 Å². The van der Waals surface area contributed by atoms with Gasteiger partial charge in [0.2, 0.25) is 0 Å². The van der Waals surface area contributed by atoms with Crippen LogP contribution in [0.15, 0.2) is 22.1 Å². The van der Waals surface area contributed by atoms with Crippen molar-refractivity contribution >= 4 is 33.1 Å². The second-order valence-electron chi connectivity index (χ2n) is 3.13. The molecular formula is C9H6BrN3O2S. The van der Waals surface area contributed by atoms with Gasteiger partial charge in [0, 0.05) is 17.7 Å². The lowest BCUT2D eigenvalue weighted by molar-refractivity contribution is -0.384. The van der Waals surface area contributed by atoms with E-state index in [0.717, 1.165) is 5.56 Å². The highest BCUT2D eigenvalue weighted by Crippen LogP contribution is 2.27. The minimum absolute atomic E-state index is 0.0477. The summed E-state index contributed by atoms with van der Waals surface area (Å²) in [7, 11) is 0. The molecule has 0 unspecified atom stereocenters. The third-order valence-electron chi connectivity index (χ3n) is 2.07. The fourth-order valence-electron chi connectivity index (χ4n) is 1.28. The highest BCUT2D eigenvalue weighted by Gasteiger charge is 2.13. The number of aromatic nitrogens is 2. The minimum atomic E-state index is -0.426. The molecule has 0 aliphatic heterocycles. The molecular weight excluding hydrogens is 294 g/mol. The number of nitro benzene ring substituents is 1. The summed E-state index contributed by atoms with van der Waals surface area (Å²) in [4.78, 5) is 14.4. The zero-order valence-electron chi connectivity index (χ0n) is 8.18. The maximum Gasteiger partial charge on any atom is 0.270 e. The Labute approximate surface area is 104 Å². The molecule has 0 aliphatic rings. The standard InChI is InChI=1S/C9H6BrN3O2S/c1-5-2-3-6(13(14)15)4-7(5)8-11-9(10)16-12-8/h2-4H,1H3. The lowest BCUT2D eigenvalue weighted by Crippen LogP contribution is -1.91. The van der Waals surface area contributed by atoms with Gasteiger partial charge in [0.15, 0.2) is 9.74 Å². The van der Waals surface area contributed by atoms with Crippen LogP contribution in [0.3, 0.4) is 0 Å². The van der Waals surface area contributed by atoms with Gasteiger partial charge in [-0.2, -0.15) is 4.37 Å². The van der Waals surface area contributed by atoms with Gasteiger partial charge in [0.05, 0.1) is 4.92 Å². The first-order valence-electron chi connectivity index (χ1n) is 4.32. The molecule has 0 bridgehead atoms. The van der Waals surface area contributed by atoms with Crippen molar-refractivity contribution < 1.29 is 4.92 Å². The lowest BCUT2D eigenvalue weighted by Gasteiger charge is -2.00. The van der Waals surface area contributed by atoms with Gasteiger partial charge >= 0.3 is 0 Å². The fourth-order valence-corrected chi connectivity index (χ4v) is 2.09. The Balaban J connectivity index is 2.55. The first-order valence-corrected chi connectivity index (χ1v) is 5.89. The van der Waals surface area contributed by atoms with Gasteiger partial charge in [0.25, 0.3) is 5.69 Å². The molecule has 0 saturated carbocycles. The molecule has 82 valence electrons. The van der Waals surface area contributed by atoms with Gasteiger partial charge in [-0.25, -0.2) is 4.98 Å². The van der Waals surface area contributed by atoms with Gasteiger partial charge in [-0.3, -0.25) is 10.1 Å². The van der Waals surface area contributed by atoms with E-state index in [1.54, 1.807) is 6.07 Å². The number of halogens is 1. The van der Waals surface area contributed by atoms with Crippen molar-refractivity contribution in [3.05, 3.63) is 37.8 Å². The maximum absolute atomic E-state index is 10.7. The molecule has 0 radical (unpaired) electrons. The molecule has 2 rings (SSSR count). The van der Waals surface area contributed by atoms with E-state index in [4.69, 9.17) is 0 Å². The summed E-state index contributed by atoms with van der Waals surface area (Å²) in [5.41, 5.74) is 1.65. The lowest BCUT2D eigenvalue weighted by atomic mass is 10.1. The van der Waals surface area contributed by atoms with Gasteiger partial charge in [-0.15, -0.1) is 0 Å². The zero-order valence-corrected chi connectivity index (χ0v) is 10.6. The Bertz CT molecular complexity index is 555. The Morgan fingerprint density at radius 1 is 1.50 bits per heavy atom. The van der Waals surface area contributed by atoms with Gasteiger partial charge in [-0.1, -0.05) is 6.07 Å². The highest BCUT2D eigenvalue weighted by molar-refractivity contribution is 9.11. The van der Waals surface area contributed by atoms with Crippen LogP contribution in [0.4, 0.5) is 5.69 Å². The van der Waals surface area contributed by atoms with Crippen molar-refractivity contribution in [2.24, 2.45) is 0 Å². The molecule has 16 heavy (non-hydrogen) atoms. The molecule has 0 amide bonds. The predicted octanol–water partition coefficient (Wildman–Crippen LogP) is 3.18. The molecule has 0 saturated heterocycles. The summed E-state index contributed by atoms with van der Waals surface area (Å²) in [6, 6.07) is 4.66. The van der Waals surface area contributed by atoms with Crippen LogP contribution in [0.1, 0.15) is 5.56 Å². The number of nitrogens with zero attached hydrogens (tertiary/aromatic N) is 3. The van der Waals surface area contributed by atoms with Crippen LogP contribution in [-0.2, 0) is 0 Å².